The molecule has 2 amide bonds. The monoisotopic (exact) mass is 1830 g/mol. The van der Waals surface area contributed by atoms with E-state index in [9.17, 15) is 69.8 Å². The SMILES string of the molecule is CCOP(O)(=S)O[C@@H]1C(OC)[C@H](n2cnc3c(N)ncnc32)O[C@@H]1COP(=O)(S)OC[C@H]1O[C@@H](n2ccc(=O)[nH]c2=O)[C@@H](OCC(=O)N(Cc2cn(CCOCCOC3OC(CO)C(O)C(O)C3C)nn2)Cc2cn(CCOCCOC3OC(CO)C(O)C(O)C3C)nn2)C1OCC(=O)NCc1cn(CCOCCOC2OC(CO)C(O)C(O)C2C)nn1. The summed E-state index contributed by atoms with van der Waals surface area (Å²) in [5.74, 6) is -3.36. The molecular formula is C68H106N18O33P2S2. The minimum Gasteiger partial charge on any atom is -0.394 e. The van der Waals surface area contributed by atoms with Crippen LogP contribution in [0.15, 0.2) is 53.1 Å². The molecule has 0 spiro atoms. The van der Waals surface area contributed by atoms with Gasteiger partial charge in [0.15, 0.2) is 42.8 Å². The summed E-state index contributed by atoms with van der Waals surface area (Å²) in [6.07, 6.45) is -16.6. The molecule has 51 nitrogen and oxygen atoms in total. The third kappa shape index (κ3) is 25.9. The van der Waals surface area contributed by atoms with Gasteiger partial charge in [-0.05, 0) is 18.7 Å². The Kier molecular flexibility index (Phi) is 36.3. The standard InChI is InChI=1S/C68H106N18O33P2S2/c1-6-111-121(101,123)119-58-46(115-63(59(58)102-5)86-35-73-50-61(69)71-34-72-62(50)86)31-113-120(100,122)112-30-45-57(109-32-48(91)70-21-39-24-82(78-75-39)9-12-103-15-18-106-65-36(2)51(93)54(96)42(27-87)116-65)60(64(114-45)85-8-7-47(90)74-68(85)99)110-33-49(92)81(22-40-25-83(79-76-40)10-13-104-16-19-107-66-37(3)52(94)55(97)43(28-88)117-66)23-41-26-84(80-77-41)11-14-105-17-20-108-67-38(4)53(95)56(98)44(29-89)118-67/h7-8,24-26,34-38,42-46,51-60,63-67,87-89,93-98H,6,9-23,27-33H2,1-5H3,(H,70,91)(H,100,122)(H,101,123)(H2,69,71,72)(H,74,90,99)/t36?,37?,38?,42?,43?,44?,45-,46-,51?,52?,53?,54?,55?,56?,57?,58+,59?,60+,63-,64-,65?,66?,67?,120?,121?/m1/s1. The molecule has 5 aliphatic heterocycles. The van der Waals surface area contributed by atoms with E-state index in [1.807, 2.05) is 0 Å². The number of hydrogen-bond donors (Lipinski definition) is 14. The molecule has 0 saturated carbocycles. The van der Waals surface area contributed by atoms with E-state index in [1.54, 1.807) is 40.1 Å². The Hall–Kier alpha value is -6.50. The molecule has 0 aromatic carbocycles. The molecule has 0 aliphatic carbocycles. The minimum atomic E-state index is -4.69. The van der Waals surface area contributed by atoms with Crippen LogP contribution < -0.4 is 22.3 Å². The maximum atomic E-state index is 15.1. The van der Waals surface area contributed by atoms with Crippen molar-refractivity contribution < 1.29 is 149 Å². The van der Waals surface area contributed by atoms with Gasteiger partial charge in [-0.3, -0.25) is 42.1 Å². The number of aliphatic hydroxyl groups is 9. The second-order valence-corrected chi connectivity index (χ2v) is 34.8. The highest BCUT2D eigenvalue weighted by molar-refractivity contribution is 8.44. The van der Waals surface area contributed by atoms with Crippen molar-refractivity contribution in [3.63, 3.8) is 0 Å². The number of fused-ring (bicyclic) bond motifs is 1. The van der Waals surface area contributed by atoms with Crippen molar-refractivity contribution in [2.24, 2.45) is 17.8 Å². The predicted molar refractivity (Wildman–Crippen MR) is 418 cm³/mol. The number of nitrogens with one attached hydrogen (secondary N) is 2. The molecule has 5 aliphatic rings. The van der Waals surface area contributed by atoms with Gasteiger partial charge in [0.2, 0.25) is 11.8 Å². The van der Waals surface area contributed by atoms with Crippen LogP contribution in [0, 0.1) is 17.8 Å². The molecule has 0 radical (unpaired) electrons. The largest absolute Gasteiger partial charge is 0.394 e. The Bertz CT molecular complexity index is 4430. The number of rotatable bonds is 49. The van der Waals surface area contributed by atoms with Gasteiger partial charge < -0.3 is 138 Å². The summed E-state index contributed by atoms with van der Waals surface area (Å²) >= 11 is 9.65. The number of aromatic nitrogens is 15. The second-order valence-electron chi connectivity index (χ2n) is 29.1. The van der Waals surface area contributed by atoms with Crippen LogP contribution in [0.3, 0.4) is 0 Å². The van der Waals surface area contributed by atoms with E-state index in [0.29, 0.717) is 0 Å². The lowest BCUT2D eigenvalue weighted by Crippen LogP contribution is -2.55. The fourth-order valence-electron chi connectivity index (χ4n) is 13.8. The van der Waals surface area contributed by atoms with Gasteiger partial charge in [-0.15, -0.1) is 15.3 Å². The Labute approximate surface area is 711 Å². The van der Waals surface area contributed by atoms with E-state index in [-0.39, 0.29) is 139 Å². The summed E-state index contributed by atoms with van der Waals surface area (Å²) in [5.41, 5.74) is 5.44. The fourth-order valence-corrected chi connectivity index (χ4v) is 16.5. The number of aromatic amines is 1. The summed E-state index contributed by atoms with van der Waals surface area (Å²) < 4.78 is 128. The first-order chi connectivity index (χ1) is 59.0. The van der Waals surface area contributed by atoms with Gasteiger partial charge >= 0.3 is 19.2 Å². The van der Waals surface area contributed by atoms with Crippen molar-refractivity contribution >= 4 is 66.4 Å². The van der Waals surface area contributed by atoms with Gasteiger partial charge in [-0.2, -0.15) is 0 Å². The Morgan fingerprint density at radius 2 is 1.07 bits per heavy atom. The maximum absolute atomic E-state index is 15.1. The highest BCUT2D eigenvalue weighted by atomic mass is 32.7. The molecule has 11 rings (SSSR count). The van der Waals surface area contributed by atoms with Gasteiger partial charge in [0, 0.05) is 37.1 Å². The quantitative estimate of drug-likeness (QED) is 0.00960. The van der Waals surface area contributed by atoms with Crippen molar-refractivity contribution in [2.75, 3.05) is 125 Å². The second kappa shape index (κ2) is 46.0. The molecule has 688 valence electrons. The number of methoxy groups -OCH3 is 1. The number of aliphatic hydroxyl groups excluding tert-OH is 9. The highest BCUT2D eigenvalue weighted by Gasteiger charge is 2.53. The number of H-pyrrole nitrogens is 1. The summed E-state index contributed by atoms with van der Waals surface area (Å²) in [7, 11) is 1.32. The minimum absolute atomic E-state index is 0.0132. The van der Waals surface area contributed by atoms with Gasteiger partial charge in [-0.25, -0.2) is 38.4 Å². The van der Waals surface area contributed by atoms with Crippen molar-refractivity contribution in [1.29, 1.82) is 0 Å². The van der Waals surface area contributed by atoms with Crippen LogP contribution in [0.5, 0.6) is 0 Å². The van der Waals surface area contributed by atoms with Crippen LogP contribution in [0.25, 0.3) is 11.2 Å². The lowest BCUT2D eigenvalue weighted by molar-refractivity contribution is -0.284. The normalized spacial score (nSPS) is 30.3. The Morgan fingerprint density at radius 1 is 0.602 bits per heavy atom. The fraction of sp³-hybridized carbons (Fsp3) is 0.750. The van der Waals surface area contributed by atoms with Crippen LogP contribution in [0.2, 0.25) is 0 Å². The number of imidazole rings is 1. The van der Waals surface area contributed by atoms with Crippen molar-refractivity contribution in [2.45, 2.75) is 190 Å². The zero-order chi connectivity index (χ0) is 88.2. The Morgan fingerprint density at radius 3 is 1.55 bits per heavy atom. The van der Waals surface area contributed by atoms with Crippen molar-refractivity contribution in [1.82, 2.24) is 84.3 Å². The molecule has 6 aromatic rings. The first kappa shape index (κ1) is 97.1. The van der Waals surface area contributed by atoms with Crippen molar-refractivity contribution in [3.05, 3.63) is 81.4 Å². The van der Waals surface area contributed by atoms with Gasteiger partial charge in [0.25, 0.3) is 5.56 Å². The average Bonchev–Trinajstić information content (AvgIpc) is 1.59. The molecule has 14 N–H and O–H groups in total. The van der Waals surface area contributed by atoms with Crippen LogP contribution in [-0.2, 0) is 150 Å². The molecule has 5 saturated heterocycles. The lowest BCUT2D eigenvalue weighted by atomic mass is 9.92. The number of amides is 2. The number of ether oxygens (including phenoxy) is 14. The van der Waals surface area contributed by atoms with Crippen LogP contribution in [0.4, 0.5) is 5.82 Å². The van der Waals surface area contributed by atoms with Gasteiger partial charge in [-0.1, -0.05) is 48.7 Å². The molecule has 123 heavy (non-hydrogen) atoms. The van der Waals surface area contributed by atoms with Crippen LogP contribution >= 0.6 is 25.8 Å². The first-order valence-corrected chi connectivity index (χ1v) is 44.6. The van der Waals surface area contributed by atoms with E-state index in [0.717, 1.165) is 16.8 Å². The maximum Gasteiger partial charge on any atom is 0.386 e. The van der Waals surface area contributed by atoms with Crippen LogP contribution in [-0.4, -0.2) is 371 Å². The highest BCUT2D eigenvalue weighted by Crippen LogP contribution is 2.56. The zero-order valence-electron chi connectivity index (χ0n) is 67.5. The summed E-state index contributed by atoms with van der Waals surface area (Å²) in [6, 6.07) is 0.995. The molecule has 0 bridgehead atoms. The van der Waals surface area contributed by atoms with E-state index in [1.165, 1.54) is 49.5 Å². The number of nitrogens with zero attached hydrogens (tertiary/aromatic N) is 15. The smallest absolute Gasteiger partial charge is 0.386 e. The molecule has 5 fully saturated rings. The number of nitrogens with two attached hydrogens (primary N) is 1. The topological polar surface area (TPSA) is 652 Å². The number of carbonyl (C=O) groups excluding carboxylic acids is 2. The van der Waals surface area contributed by atoms with Gasteiger partial charge in [0.05, 0.1) is 182 Å². The van der Waals surface area contributed by atoms with E-state index < -0.39 is 223 Å². The molecule has 55 heteroatoms. The summed E-state index contributed by atoms with van der Waals surface area (Å²) in [5, 5.41) is 119. The van der Waals surface area contributed by atoms with Gasteiger partial charge in [0.1, 0.15) is 115 Å². The Balaban J connectivity index is 0.793. The molecule has 19 unspecified atom stereocenters. The number of thiol groups is 1. The lowest BCUT2D eigenvalue weighted by Gasteiger charge is -2.40. The number of carbonyl (C=O) groups is 2. The molecule has 25 atom stereocenters. The molecular weight excluding hydrogens is 1720 g/mol. The number of nitrogen functional groups attached to an aromatic ring is 1. The van der Waals surface area contributed by atoms with Crippen LogP contribution in [0.1, 0.15) is 57.2 Å². The van der Waals surface area contributed by atoms with E-state index in [2.05, 4.69) is 68.4 Å². The predicted octanol–water partition coefficient (Wildman–Crippen LogP) is -6.11. The number of anilines is 1. The zero-order valence-corrected chi connectivity index (χ0v) is 71.0. The molecule has 11 heterocycles. The van der Waals surface area contributed by atoms with E-state index >= 15 is 4.79 Å². The molecule has 6 aromatic heterocycles. The third-order valence-corrected chi connectivity index (χ3v) is 23.9. The first-order valence-electron chi connectivity index (χ1n) is 39.3. The summed E-state index contributed by atoms with van der Waals surface area (Å²) in [6.45, 7) is -6.80. The van der Waals surface area contributed by atoms with Crippen molar-refractivity contribution in [3.8, 4) is 0 Å². The number of hydrogen-bond acceptors (Lipinski definition) is 43. The summed E-state index contributed by atoms with van der Waals surface area (Å²) in [4.78, 5) is 83.0. The van der Waals surface area contributed by atoms with E-state index in [4.69, 9.17) is 102 Å². The average molecular weight is 1830 g/mol. The third-order valence-electron chi connectivity index (χ3n) is 20.6.